The van der Waals surface area contributed by atoms with Crippen molar-refractivity contribution in [3.63, 3.8) is 0 Å². The lowest BCUT2D eigenvalue weighted by molar-refractivity contribution is 0.0324. The molecule has 0 saturated heterocycles. The van der Waals surface area contributed by atoms with E-state index in [4.69, 9.17) is 10.2 Å². The fraction of sp³-hybridized carbons (Fsp3) is 0.733. The van der Waals surface area contributed by atoms with Crippen LogP contribution in [0.25, 0.3) is 0 Å². The largest absolute Gasteiger partial charge is 0.468 e. The molecule has 1 aliphatic carbocycles. The first-order chi connectivity index (χ1) is 8.47. The zero-order valence-corrected chi connectivity index (χ0v) is 11.9. The lowest BCUT2D eigenvalue weighted by Gasteiger charge is -2.48. The second kappa shape index (κ2) is 5.06. The highest BCUT2D eigenvalue weighted by Gasteiger charge is 2.40. The van der Waals surface area contributed by atoms with Crippen molar-refractivity contribution in [2.45, 2.75) is 51.6 Å². The van der Waals surface area contributed by atoms with Gasteiger partial charge >= 0.3 is 0 Å². The fourth-order valence-corrected chi connectivity index (χ4v) is 2.94. The van der Waals surface area contributed by atoms with Gasteiger partial charge in [0.05, 0.1) is 12.8 Å². The molecule has 1 fully saturated rings. The SMILES string of the molecule is CN(Cc1ccco1)C1(CN)CCC(C)(C)CC1. The fourth-order valence-electron chi connectivity index (χ4n) is 2.94. The Morgan fingerprint density at radius 3 is 2.44 bits per heavy atom. The van der Waals surface area contributed by atoms with Crippen molar-refractivity contribution >= 4 is 0 Å². The maximum atomic E-state index is 6.08. The van der Waals surface area contributed by atoms with Gasteiger partial charge in [-0.1, -0.05) is 13.8 Å². The molecule has 0 radical (unpaired) electrons. The summed E-state index contributed by atoms with van der Waals surface area (Å²) in [5.74, 6) is 1.02. The van der Waals surface area contributed by atoms with E-state index in [1.165, 1.54) is 25.7 Å². The zero-order valence-electron chi connectivity index (χ0n) is 11.9. The zero-order chi connectivity index (χ0) is 13.2. The van der Waals surface area contributed by atoms with Crippen LogP contribution >= 0.6 is 0 Å². The van der Waals surface area contributed by atoms with E-state index in [0.717, 1.165) is 18.8 Å². The smallest absolute Gasteiger partial charge is 0.117 e. The van der Waals surface area contributed by atoms with Gasteiger partial charge in [0.15, 0.2) is 0 Å². The Labute approximate surface area is 110 Å². The van der Waals surface area contributed by atoms with E-state index in [9.17, 15) is 0 Å². The molecule has 0 aromatic carbocycles. The number of hydrogen-bond donors (Lipinski definition) is 1. The summed E-state index contributed by atoms with van der Waals surface area (Å²) in [6, 6.07) is 3.98. The molecule has 0 spiro atoms. The van der Waals surface area contributed by atoms with Gasteiger partial charge in [0, 0.05) is 12.1 Å². The first kappa shape index (κ1) is 13.6. The van der Waals surface area contributed by atoms with Crippen molar-refractivity contribution < 1.29 is 4.42 Å². The van der Waals surface area contributed by atoms with Gasteiger partial charge in [-0.2, -0.15) is 0 Å². The minimum absolute atomic E-state index is 0.155. The molecule has 0 atom stereocenters. The predicted octanol–water partition coefficient (Wildman–Crippen LogP) is 3.01. The summed E-state index contributed by atoms with van der Waals surface area (Å²) in [6.07, 6.45) is 6.63. The van der Waals surface area contributed by atoms with Gasteiger partial charge in [0.1, 0.15) is 5.76 Å². The van der Waals surface area contributed by atoms with Crippen LogP contribution in [0.3, 0.4) is 0 Å². The van der Waals surface area contributed by atoms with E-state index in [0.29, 0.717) is 5.41 Å². The predicted molar refractivity (Wildman–Crippen MR) is 74.2 cm³/mol. The van der Waals surface area contributed by atoms with Gasteiger partial charge in [-0.05, 0) is 50.3 Å². The van der Waals surface area contributed by atoms with Crippen molar-refractivity contribution in [2.75, 3.05) is 13.6 Å². The van der Waals surface area contributed by atoms with Crippen molar-refractivity contribution in [1.82, 2.24) is 4.90 Å². The Bertz CT molecular complexity index is 360. The minimum atomic E-state index is 0.155. The van der Waals surface area contributed by atoms with Gasteiger partial charge in [-0.3, -0.25) is 4.90 Å². The third kappa shape index (κ3) is 2.78. The molecule has 3 heteroatoms. The Hall–Kier alpha value is -0.800. The number of nitrogens with two attached hydrogens (primary N) is 1. The second-order valence-electron chi connectivity index (χ2n) is 6.53. The lowest BCUT2D eigenvalue weighted by atomic mass is 9.69. The van der Waals surface area contributed by atoms with Crippen LogP contribution in [-0.2, 0) is 6.54 Å². The van der Waals surface area contributed by atoms with Crippen LogP contribution in [0.2, 0.25) is 0 Å². The normalized spacial score (nSPS) is 22.3. The molecule has 1 aromatic heterocycles. The third-order valence-corrected chi connectivity index (χ3v) is 4.70. The molecule has 1 aromatic rings. The van der Waals surface area contributed by atoms with Crippen LogP contribution in [0, 0.1) is 5.41 Å². The van der Waals surface area contributed by atoms with Gasteiger partial charge < -0.3 is 10.2 Å². The summed E-state index contributed by atoms with van der Waals surface area (Å²) in [5, 5.41) is 0. The Morgan fingerprint density at radius 1 is 1.28 bits per heavy atom. The van der Waals surface area contributed by atoms with E-state index in [-0.39, 0.29) is 5.54 Å². The average Bonchev–Trinajstić information content (AvgIpc) is 2.82. The first-order valence-corrected chi connectivity index (χ1v) is 6.91. The highest BCUT2D eigenvalue weighted by atomic mass is 16.3. The van der Waals surface area contributed by atoms with Crippen LogP contribution in [-0.4, -0.2) is 24.0 Å². The summed E-state index contributed by atoms with van der Waals surface area (Å²) in [7, 11) is 2.17. The molecule has 0 bridgehead atoms. The van der Waals surface area contributed by atoms with E-state index in [1.807, 2.05) is 12.1 Å². The Balaban J connectivity index is 2.03. The summed E-state index contributed by atoms with van der Waals surface area (Å²) in [4.78, 5) is 2.39. The van der Waals surface area contributed by atoms with Gasteiger partial charge in [-0.25, -0.2) is 0 Å². The van der Waals surface area contributed by atoms with Crippen molar-refractivity contribution in [3.8, 4) is 0 Å². The van der Waals surface area contributed by atoms with Crippen molar-refractivity contribution in [1.29, 1.82) is 0 Å². The molecular weight excluding hydrogens is 224 g/mol. The number of rotatable bonds is 4. The topological polar surface area (TPSA) is 42.4 Å². The summed E-state index contributed by atoms with van der Waals surface area (Å²) in [6.45, 7) is 6.31. The van der Waals surface area contributed by atoms with E-state index < -0.39 is 0 Å². The molecule has 102 valence electrons. The molecule has 2 N–H and O–H groups in total. The van der Waals surface area contributed by atoms with Crippen molar-refractivity contribution in [3.05, 3.63) is 24.2 Å². The third-order valence-electron chi connectivity index (χ3n) is 4.70. The van der Waals surface area contributed by atoms with Crippen LogP contribution in [0.5, 0.6) is 0 Å². The van der Waals surface area contributed by atoms with E-state index in [1.54, 1.807) is 6.26 Å². The molecular formula is C15H26N2O. The number of nitrogens with zero attached hydrogens (tertiary/aromatic N) is 1. The molecule has 0 aliphatic heterocycles. The highest BCUT2D eigenvalue weighted by Crippen LogP contribution is 2.42. The Morgan fingerprint density at radius 2 is 1.94 bits per heavy atom. The average molecular weight is 250 g/mol. The number of hydrogen-bond acceptors (Lipinski definition) is 3. The van der Waals surface area contributed by atoms with E-state index >= 15 is 0 Å². The van der Waals surface area contributed by atoms with Crippen LogP contribution < -0.4 is 5.73 Å². The maximum Gasteiger partial charge on any atom is 0.117 e. The summed E-state index contributed by atoms with van der Waals surface area (Å²) >= 11 is 0. The quantitative estimate of drug-likeness (QED) is 0.893. The summed E-state index contributed by atoms with van der Waals surface area (Å²) < 4.78 is 5.44. The van der Waals surface area contributed by atoms with Gasteiger partial charge in [-0.15, -0.1) is 0 Å². The summed E-state index contributed by atoms with van der Waals surface area (Å²) in [5.41, 5.74) is 6.72. The van der Waals surface area contributed by atoms with E-state index in [2.05, 4.69) is 25.8 Å². The van der Waals surface area contributed by atoms with Gasteiger partial charge in [0.25, 0.3) is 0 Å². The molecule has 2 rings (SSSR count). The van der Waals surface area contributed by atoms with Crippen LogP contribution in [0.1, 0.15) is 45.3 Å². The number of likely N-dealkylation sites (N-methyl/N-ethyl adjacent to an activating group) is 1. The first-order valence-electron chi connectivity index (χ1n) is 6.91. The molecule has 3 nitrogen and oxygen atoms in total. The minimum Gasteiger partial charge on any atom is -0.468 e. The van der Waals surface area contributed by atoms with Crippen LogP contribution in [0.4, 0.5) is 0 Å². The number of furan rings is 1. The van der Waals surface area contributed by atoms with Crippen molar-refractivity contribution in [2.24, 2.45) is 11.1 Å². The maximum absolute atomic E-state index is 6.08. The molecule has 18 heavy (non-hydrogen) atoms. The Kier molecular flexibility index (Phi) is 3.83. The molecule has 0 amide bonds. The molecule has 0 unspecified atom stereocenters. The monoisotopic (exact) mass is 250 g/mol. The second-order valence-corrected chi connectivity index (χ2v) is 6.53. The molecule has 1 aliphatic rings. The molecule has 1 saturated carbocycles. The molecule has 1 heterocycles. The standard InChI is InChI=1S/C15H26N2O/c1-14(2)6-8-15(12-16,9-7-14)17(3)11-13-5-4-10-18-13/h4-5,10H,6-9,11-12,16H2,1-3H3. The highest BCUT2D eigenvalue weighted by molar-refractivity contribution is 5.02. The van der Waals surface area contributed by atoms with Gasteiger partial charge in [0.2, 0.25) is 0 Å². The lowest BCUT2D eigenvalue weighted by Crippen LogP contribution is -2.54. The van der Waals surface area contributed by atoms with Crippen LogP contribution in [0.15, 0.2) is 22.8 Å².